The zero-order valence-electron chi connectivity index (χ0n) is 31.4. The van der Waals surface area contributed by atoms with Gasteiger partial charge in [0.25, 0.3) is 0 Å². The number of amides is 1. The zero-order valence-corrected chi connectivity index (χ0v) is 29.9. The number of halogens is 4. The van der Waals surface area contributed by atoms with Gasteiger partial charge in [-0.25, -0.2) is 9.59 Å². The molecule has 3 fully saturated rings. The van der Waals surface area contributed by atoms with Crippen LogP contribution in [0.1, 0.15) is 50.1 Å². The number of aromatic nitrogens is 1. The first kappa shape index (κ1) is 34.0. The second-order valence-electron chi connectivity index (χ2n) is 12.6. The molecule has 1 unspecified atom stereocenters. The van der Waals surface area contributed by atoms with Gasteiger partial charge in [0.1, 0.15) is 28.0 Å². The molecule has 0 saturated carbocycles. The number of carbonyl (C=O) groups excluding carboxylic acids is 2. The van der Waals surface area contributed by atoms with Gasteiger partial charge in [0, 0.05) is 18.5 Å². The summed E-state index contributed by atoms with van der Waals surface area (Å²) >= 11 is 12.7. The number of esters is 1. The summed E-state index contributed by atoms with van der Waals surface area (Å²) in [5, 5.41) is 11.8. The molecular weight excluding hydrogens is 735 g/mol. The standard InChI is InChI=1S/C38H37Cl2F2N3O8/c1-49-31-6-4-3-5-30(31)45(38(47)53-35-22-43-15-13-24(35)14-16-43)19-23-7-9-25(10-8-23)36(46)51-33(18-27-28(39)20-44(48)21-29(27)40)26-11-12-32(52-37(41)42)34(17-26)50-2/h3-12,17,20-21,24,33,35,37H,13-16,18-19,22H2,1-2H3/t33?,35-/m0/s1/i2D3. The van der Waals surface area contributed by atoms with E-state index in [-0.39, 0.29) is 45.8 Å². The molecule has 3 aliphatic rings. The molecule has 0 radical (unpaired) electrons. The molecule has 1 amide bonds. The van der Waals surface area contributed by atoms with Crippen molar-refractivity contribution in [2.75, 3.05) is 38.7 Å². The molecule has 3 aliphatic heterocycles. The van der Waals surface area contributed by atoms with Gasteiger partial charge in [0.2, 0.25) is 0 Å². The summed E-state index contributed by atoms with van der Waals surface area (Å²) in [5.74, 6) is -1.21. The highest BCUT2D eigenvalue weighted by molar-refractivity contribution is 6.35. The Labute approximate surface area is 319 Å². The minimum Gasteiger partial charge on any atom is -0.619 e. The molecular formula is C38H37Cl2F2N3O8. The lowest BCUT2D eigenvalue weighted by atomic mass is 9.86. The van der Waals surface area contributed by atoms with Crippen molar-refractivity contribution in [2.45, 2.75) is 44.6 Å². The van der Waals surface area contributed by atoms with E-state index in [0.717, 1.165) is 50.5 Å². The first-order valence-corrected chi connectivity index (χ1v) is 17.4. The number of methoxy groups -OCH3 is 2. The zero-order chi connectivity index (χ0) is 40.1. The molecule has 0 spiro atoms. The highest BCUT2D eigenvalue weighted by atomic mass is 35.5. The SMILES string of the molecule is [2H]C([2H])([2H])Oc1cc(C(Cc2c(Cl)c[n+]([O-])cc2Cl)OC(=O)c2ccc(CN(C(=O)O[C@H]3CN4CCC3CC4)c3ccccc3OC)cc2)ccc1OC(F)F. The quantitative estimate of drug-likeness (QED) is 0.0769. The number of benzene rings is 3. The van der Waals surface area contributed by atoms with Crippen molar-refractivity contribution < 1.29 is 50.9 Å². The van der Waals surface area contributed by atoms with Crippen LogP contribution in [0, 0.1) is 11.1 Å². The van der Waals surface area contributed by atoms with Crippen LogP contribution in [0.4, 0.5) is 19.3 Å². The smallest absolute Gasteiger partial charge is 0.415 e. The maximum Gasteiger partial charge on any atom is 0.415 e. The topological polar surface area (TPSA) is 114 Å². The fraction of sp³-hybridized carbons (Fsp3) is 0.342. The van der Waals surface area contributed by atoms with Crippen molar-refractivity contribution >= 4 is 41.0 Å². The second kappa shape index (κ2) is 16.9. The van der Waals surface area contributed by atoms with E-state index in [1.54, 1.807) is 36.4 Å². The number of anilines is 1. The van der Waals surface area contributed by atoms with Gasteiger partial charge in [-0.2, -0.15) is 13.5 Å². The molecule has 3 saturated heterocycles. The van der Waals surface area contributed by atoms with Gasteiger partial charge in [-0.05, 0) is 79.4 Å². The number of hydrogen-bond donors (Lipinski definition) is 0. The van der Waals surface area contributed by atoms with Gasteiger partial charge in [-0.1, -0.05) is 53.5 Å². The third-order valence-electron chi connectivity index (χ3n) is 9.34. The van der Waals surface area contributed by atoms with Gasteiger partial charge in [0.05, 0.1) is 36.1 Å². The molecule has 0 aliphatic carbocycles. The van der Waals surface area contributed by atoms with E-state index < -0.39 is 43.3 Å². The van der Waals surface area contributed by atoms with Crippen molar-refractivity contribution in [3.63, 3.8) is 0 Å². The molecule has 0 N–H and O–H groups in total. The minimum absolute atomic E-state index is 0.0545. The number of alkyl halides is 2. The van der Waals surface area contributed by atoms with Crippen LogP contribution < -0.4 is 23.8 Å². The van der Waals surface area contributed by atoms with Crippen molar-refractivity contribution in [1.29, 1.82) is 0 Å². The molecule has 7 rings (SSSR count). The van der Waals surface area contributed by atoms with Crippen LogP contribution in [0.15, 0.2) is 79.1 Å². The first-order chi connectivity index (χ1) is 26.7. The fourth-order valence-corrected chi connectivity index (χ4v) is 7.20. The van der Waals surface area contributed by atoms with Gasteiger partial charge in [-0.15, -0.1) is 0 Å². The van der Waals surface area contributed by atoms with Gasteiger partial charge >= 0.3 is 18.7 Å². The number of pyridine rings is 1. The number of nitrogens with zero attached hydrogens (tertiary/aromatic N) is 3. The van der Waals surface area contributed by atoms with E-state index in [1.165, 1.54) is 30.2 Å². The second-order valence-corrected chi connectivity index (χ2v) is 13.4. The fourth-order valence-electron chi connectivity index (χ4n) is 6.60. The largest absolute Gasteiger partial charge is 0.619 e. The van der Waals surface area contributed by atoms with E-state index in [9.17, 15) is 23.6 Å². The van der Waals surface area contributed by atoms with Crippen LogP contribution in [0.3, 0.4) is 0 Å². The van der Waals surface area contributed by atoms with E-state index >= 15 is 0 Å². The Kier molecular flexibility index (Phi) is 10.8. The molecule has 4 aromatic rings. The highest BCUT2D eigenvalue weighted by Crippen LogP contribution is 2.37. The Balaban J connectivity index is 1.26. The molecule has 53 heavy (non-hydrogen) atoms. The summed E-state index contributed by atoms with van der Waals surface area (Å²) in [6, 6.07) is 16.8. The van der Waals surface area contributed by atoms with Gasteiger partial charge in [0.15, 0.2) is 23.9 Å². The lowest BCUT2D eigenvalue weighted by Crippen LogP contribution is -2.53. The molecule has 15 heteroatoms. The van der Waals surface area contributed by atoms with Crippen LogP contribution >= 0.6 is 23.2 Å². The predicted molar refractivity (Wildman–Crippen MR) is 192 cm³/mol. The lowest BCUT2D eigenvalue weighted by Gasteiger charge is -2.44. The van der Waals surface area contributed by atoms with Crippen molar-refractivity contribution in [3.05, 3.63) is 117 Å². The molecule has 280 valence electrons. The number of rotatable bonds is 13. The first-order valence-electron chi connectivity index (χ1n) is 18.2. The predicted octanol–water partition coefficient (Wildman–Crippen LogP) is 7.62. The minimum atomic E-state index is -3.30. The Bertz CT molecular complexity index is 2020. The third-order valence-corrected chi connectivity index (χ3v) is 9.99. The highest BCUT2D eigenvalue weighted by Gasteiger charge is 2.38. The van der Waals surface area contributed by atoms with Crippen LogP contribution in [0.25, 0.3) is 0 Å². The average Bonchev–Trinajstić information content (AvgIpc) is 3.15. The van der Waals surface area contributed by atoms with Crippen LogP contribution in [0.2, 0.25) is 10.0 Å². The van der Waals surface area contributed by atoms with Crippen molar-refractivity contribution in [2.24, 2.45) is 5.92 Å². The third kappa shape index (κ3) is 9.03. The monoisotopic (exact) mass is 774 g/mol. The molecule has 2 bridgehead atoms. The van der Waals surface area contributed by atoms with Crippen LogP contribution in [0.5, 0.6) is 17.2 Å². The molecule has 1 aromatic heterocycles. The molecule has 4 heterocycles. The number of fused-ring (bicyclic) bond motifs is 3. The Morgan fingerprint density at radius 3 is 2.36 bits per heavy atom. The van der Waals surface area contributed by atoms with Gasteiger partial charge in [-0.3, -0.25) is 9.80 Å². The summed E-state index contributed by atoms with van der Waals surface area (Å²) in [6.45, 7) is -0.571. The van der Waals surface area contributed by atoms with Gasteiger partial charge < -0.3 is 28.9 Å². The Hall–Kier alpha value is -4.85. The van der Waals surface area contributed by atoms with E-state index in [4.69, 9.17) is 46.3 Å². The number of hydrogen-bond acceptors (Lipinski definition) is 9. The number of piperidine rings is 3. The normalized spacial score (nSPS) is 19.4. The van der Waals surface area contributed by atoms with Crippen LogP contribution in [-0.4, -0.2) is 63.5 Å². The lowest BCUT2D eigenvalue weighted by molar-refractivity contribution is -0.605. The average molecular weight is 776 g/mol. The number of carbonyl (C=O) groups is 2. The van der Waals surface area contributed by atoms with Crippen LogP contribution in [-0.2, 0) is 22.4 Å². The summed E-state index contributed by atoms with van der Waals surface area (Å²) in [4.78, 5) is 31.3. The Morgan fingerprint density at radius 1 is 1.00 bits per heavy atom. The molecule has 11 nitrogen and oxygen atoms in total. The summed E-state index contributed by atoms with van der Waals surface area (Å²) < 4.78 is 76.2. The Morgan fingerprint density at radius 2 is 1.72 bits per heavy atom. The molecule has 3 aromatic carbocycles. The maximum absolute atomic E-state index is 13.8. The van der Waals surface area contributed by atoms with Crippen molar-refractivity contribution in [3.8, 4) is 17.2 Å². The summed E-state index contributed by atoms with van der Waals surface area (Å²) in [7, 11) is -1.54. The summed E-state index contributed by atoms with van der Waals surface area (Å²) in [5.41, 5.74) is 1.55. The number of ether oxygens (including phenoxy) is 5. The van der Waals surface area contributed by atoms with E-state index in [0.29, 0.717) is 34.2 Å². The van der Waals surface area contributed by atoms with E-state index in [1.807, 2.05) is 0 Å². The maximum atomic E-state index is 13.8. The summed E-state index contributed by atoms with van der Waals surface area (Å²) in [6.07, 6.45) is 1.76. The van der Waals surface area contributed by atoms with Crippen molar-refractivity contribution in [1.82, 2.24) is 4.90 Å². The number of para-hydroxylation sites is 2. The molecule has 2 atom stereocenters. The van der Waals surface area contributed by atoms with E-state index in [2.05, 4.69) is 9.64 Å².